The molecule has 0 fully saturated rings. The van der Waals surface area contributed by atoms with Gasteiger partial charge in [-0.1, -0.05) is 65.7 Å². The van der Waals surface area contributed by atoms with Gasteiger partial charge in [-0.25, -0.2) is 13.1 Å². The van der Waals surface area contributed by atoms with E-state index in [4.69, 9.17) is 23.2 Å². The number of hydrogen-bond acceptors (Lipinski definition) is 6. The number of anilines is 1. The highest BCUT2D eigenvalue weighted by Gasteiger charge is 2.37. The van der Waals surface area contributed by atoms with Crippen LogP contribution in [0, 0.1) is 0 Å². The SMILES string of the molecule is CN1C(=O)C(NC(=O)c2ccc3ccccc3c2)c2c(/C=C/C(=O)NS(=O)(=O)c3cc(Cl)c(Cl)s3)cccc21. The Kier molecular flexibility index (Phi) is 7.21. The Morgan fingerprint density at radius 1 is 1.00 bits per heavy atom. The number of halogens is 2. The fourth-order valence-electron chi connectivity index (χ4n) is 4.28. The molecule has 3 aromatic carbocycles. The van der Waals surface area contributed by atoms with Gasteiger partial charge in [0.15, 0.2) is 0 Å². The third kappa shape index (κ3) is 5.28. The number of likely N-dealkylation sites (N-methyl/N-ethyl adjacent to an activating group) is 1. The second kappa shape index (κ2) is 10.5. The lowest BCUT2D eigenvalue weighted by Gasteiger charge is -2.14. The Hall–Kier alpha value is -3.70. The van der Waals surface area contributed by atoms with Crippen LogP contribution in [0.15, 0.2) is 77.0 Å². The van der Waals surface area contributed by atoms with E-state index in [9.17, 15) is 22.8 Å². The fraction of sp³-hybridized carbons (Fsp3) is 0.0741. The molecule has 3 amide bonds. The van der Waals surface area contributed by atoms with Crippen molar-refractivity contribution in [2.45, 2.75) is 10.3 Å². The van der Waals surface area contributed by atoms with Crippen molar-refractivity contribution in [1.82, 2.24) is 10.0 Å². The standard InChI is InChI=1S/C27H19Cl2N3O5S2/c1-32-20-8-4-7-16(11-12-21(33)31-39(36,37)22-14-19(28)25(29)38-22)23(20)24(27(32)35)30-26(34)18-10-9-15-5-2-3-6-17(15)13-18/h2-14,24H,1H3,(H,30,34)(H,31,33)/b12-11+. The highest BCUT2D eigenvalue weighted by atomic mass is 35.5. The number of rotatable bonds is 6. The van der Waals surface area contributed by atoms with Crippen LogP contribution in [0.2, 0.25) is 9.36 Å². The van der Waals surface area contributed by atoms with Gasteiger partial charge in [0.2, 0.25) is 0 Å². The van der Waals surface area contributed by atoms with Crippen molar-refractivity contribution in [3.8, 4) is 0 Å². The Labute approximate surface area is 237 Å². The lowest BCUT2D eigenvalue weighted by Crippen LogP contribution is -2.36. The summed E-state index contributed by atoms with van der Waals surface area (Å²) in [5.74, 6) is -1.70. The molecule has 8 nitrogen and oxygen atoms in total. The van der Waals surface area contributed by atoms with E-state index in [0.29, 0.717) is 22.4 Å². The van der Waals surface area contributed by atoms with Crippen LogP contribution in [0.25, 0.3) is 16.8 Å². The molecule has 1 aliphatic heterocycles. The maximum Gasteiger partial charge on any atom is 0.273 e. The van der Waals surface area contributed by atoms with Gasteiger partial charge in [-0.3, -0.25) is 14.4 Å². The van der Waals surface area contributed by atoms with Crippen LogP contribution in [0.5, 0.6) is 0 Å². The second-order valence-corrected chi connectivity index (χ2v) is 12.6. The molecule has 0 saturated heterocycles. The van der Waals surface area contributed by atoms with Crippen molar-refractivity contribution >= 4 is 84.8 Å². The molecule has 0 bridgehead atoms. The first kappa shape index (κ1) is 26.9. The van der Waals surface area contributed by atoms with Crippen LogP contribution in [-0.4, -0.2) is 33.2 Å². The summed E-state index contributed by atoms with van der Waals surface area (Å²) in [6, 6.07) is 18.1. The van der Waals surface area contributed by atoms with Crippen molar-refractivity contribution < 1.29 is 22.8 Å². The zero-order chi connectivity index (χ0) is 27.9. The molecule has 12 heteroatoms. The lowest BCUT2D eigenvalue weighted by atomic mass is 9.99. The van der Waals surface area contributed by atoms with Gasteiger partial charge in [-0.05, 0) is 46.7 Å². The second-order valence-electron chi connectivity index (χ2n) is 8.64. The monoisotopic (exact) mass is 599 g/mol. The Bertz CT molecular complexity index is 1780. The van der Waals surface area contributed by atoms with Gasteiger partial charge in [0.05, 0.1) is 5.02 Å². The maximum atomic E-state index is 13.2. The Balaban J connectivity index is 1.39. The Morgan fingerprint density at radius 3 is 2.46 bits per heavy atom. The lowest BCUT2D eigenvalue weighted by molar-refractivity contribution is -0.119. The summed E-state index contributed by atoms with van der Waals surface area (Å²) < 4.78 is 26.8. The number of carbonyl (C=O) groups is 3. The number of carbonyl (C=O) groups excluding carboxylic acids is 3. The molecule has 5 rings (SSSR count). The molecule has 1 atom stereocenters. The summed E-state index contributed by atoms with van der Waals surface area (Å²) >= 11 is 12.4. The summed E-state index contributed by atoms with van der Waals surface area (Å²) in [4.78, 5) is 40.2. The number of sulfonamides is 1. The van der Waals surface area contributed by atoms with E-state index in [0.717, 1.165) is 34.3 Å². The number of fused-ring (bicyclic) bond motifs is 2. The van der Waals surface area contributed by atoms with Gasteiger partial charge in [0.25, 0.3) is 27.7 Å². The molecule has 2 N–H and O–H groups in total. The first-order valence-electron chi connectivity index (χ1n) is 11.4. The highest BCUT2D eigenvalue weighted by Crippen LogP contribution is 2.38. The molecule has 4 aromatic rings. The molecule has 0 aliphatic carbocycles. The minimum atomic E-state index is -4.19. The molecule has 39 heavy (non-hydrogen) atoms. The van der Waals surface area contributed by atoms with Gasteiger partial charge in [0.1, 0.15) is 14.6 Å². The third-order valence-electron chi connectivity index (χ3n) is 6.17. The number of amides is 3. The van der Waals surface area contributed by atoms with Gasteiger partial charge in [0, 0.05) is 29.9 Å². The van der Waals surface area contributed by atoms with Gasteiger partial charge in [-0.15, -0.1) is 11.3 Å². The summed E-state index contributed by atoms with van der Waals surface area (Å²) in [6.07, 6.45) is 2.43. The van der Waals surface area contributed by atoms with Gasteiger partial charge < -0.3 is 10.2 Å². The van der Waals surface area contributed by atoms with E-state index >= 15 is 0 Å². The van der Waals surface area contributed by atoms with Crippen LogP contribution in [0.3, 0.4) is 0 Å². The minimum Gasteiger partial charge on any atom is -0.336 e. The van der Waals surface area contributed by atoms with E-state index in [2.05, 4.69) is 5.32 Å². The number of thiophene rings is 1. The summed E-state index contributed by atoms with van der Waals surface area (Å²) in [5, 5.41) is 4.74. The molecule has 0 radical (unpaired) electrons. The van der Waals surface area contributed by atoms with Crippen molar-refractivity contribution in [3.05, 3.63) is 98.9 Å². The van der Waals surface area contributed by atoms with Crippen molar-refractivity contribution in [2.75, 3.05) is 11.9 Å². The predicted molar refractivity (Wildman–Crippen MR) is 153 cm³/mol. The van der Waals surface area contributed by atoms with Gasteiger partial charge in [-0.2, -0.15) is 0 Å². The summed E-state index contributed by atoms with van der Waals surface area (Å²) in [6.45, 7) is 0. The molecule has 0 saturated carbocycles. The van der Waals surface area contributed by atoms with E-state index < -0.39 is 27.9 Å². The van der Waals surface area contributed by atoms with Crippen molar-refractivity contribution in [1.29, 1.82) is 0 Å². The molecular formula is C27H19Cl2N3O5S2. The molecule has 2 heterocycles. The van der Waals surface area contributed by atoms with Crippen LogP contribution < -0.4 is 14.9 Å². The number of benzene rings is 3. The third-order valence-corrected chi connectivity index (χ3v) is 9.85. The smallest absolute Gasteiger partial charge is 0.273 e. The topological polar surface area (TPSA) is 113 Å². The molecule has 1 aliphatic rings. The van der Waals surface area contributed by atoms with E-state index in [1.807, 2.05) is 35.1 Å². The maximum absolute atomic E-state index is 13.2. The van der Waals surface area contributed by atoms with Gasteiger partial charge >= 0.3 is 0 Å². The first-order valence-corrected chi connectivity index (χ1v) is 14.5. The molecule has 1 aromatic heterocycles. The zero-order valence-electron chi connectivity index (χ0n) is 20.1. The largest absolute Gasteiger partial charge is 0.336 e. The van der Waals surface area contributed by atoms with Crippen LogP contribution >= 0.6 is 34.5 Å². The molecular weight excluding hydrogens is 581 g/mol. The fourth-order valence-corrected chi connectivity index (χ4v) is 7.10. The minimum absolute atomic E-state index is 0.0652. The average molecular weight is 601 g/mol. The Morgan fingerprint density at radius 2 is 1.74 bits per heavy atom. The van der Waals surface area contributed by atoms with Crippen molar-refractivity contribution in [2.24, 2.45) is 0 Å². The van der Waals surface area contributed by atoms with Crippen LogP contribution in [-0.2, 0) is 19.6 Å². The molecule has 0 spiro atoms. The normalized spacial score (nSPS) is 15.1. The van der Waals surface area contributed by atoms with Crippen LogP contribution in [0.1, 0.15) is 27.5 Å². The molecule has 1 unspecified atom stereocenters. The van der Waals surface area contributed by atoms with Crippen molar-refractivity contribution in [3.63, 3.8) is 0 Å². The average Bonchev–Trinajstić information content (AvgIpc) is 3.38. The molecule has 198 valence electrons. The summed E-state index contributed by atoms with van der Waals surface area (Å²) in [5.41, 5.74) is 1.90. The number of hydrogen-bond donors (Lipinski definition) is 2. The van der Waals surface area contributed by atoms with Crippen LogP contribution in [0.4, 0.5) is 5.69 Å². The highest BCUT2D eigenvalue weighted by molar-refractivity contribution is 7.92. The summed E-state index contributed by atoms with van der Waals surface area (Å²) in [7, 11) is -2.60. The van der Waals surface area contributed by atoms with E-state index in [1.54, 1.807) is 37.4 Å². The van der Waals surface area contributed by atoms with E-state index in [-0.39, 0.29) is 19.5 Å². The van der Waals surface area contributed by atoms with E-state index in [1.165, 1.54) is 11.0 Å². The predicted octanol–water partition coefficient (Wildman–Crippen LogP) is 5.17. The number of nitrogens with one attached hydrogen (secondary N) is 2. The quantitative estimate of drug-likeness (QED) is 0.297. The number of nitrogens with zero attached hydrogens (tertiary/aromatic N) is 1. The zero-order valence-corrected chi connectivity index (χ0v) is 23.3. The first-order chi connectivity index (χ1) is 18.5.